The van der Waals surface area contributed by atoms with E-state index >= 15 is 0 Å². The highest BCUT2D eigenvalue weighted by Crippen LogP contribution is 2.40. The van der Waals surface area contributed by atoms with Crippen molar-refractivity contribution in [2.24, 2.45) is 0 Å². The van der Waals surface area contributed by atoms with E-state index in [1.54, 1.807) is 14.2 Å². The lowest BCUT2D eigenvalue weighted by molar-refractivity contribution is 0.191. The van der Waals surface area contributed by atoms with E-state index in [1.807, 2.05) is 6.07 Å². The zero-order valence-electron chi connectivity index (χ0n) is 12.7. The summed E-state index contributed by atoms with van der Waals surface area (Å²) in [5.74, 6) is 1.70. The van der Waals surface area contributed by atoms with Crippen LogP contribution in [0, 0.1) is 0 Å². The van der Waals surface area contributed by atoms with Crippen LogP contribution in [0.25, 0.3) is 0 Å². The van der Waals surface area contributed by atoms with Crippen molar-refractivity contribution in [1.29, 1.82) is 0 Å². The molecular weight excluding hydrogens is 250 g/mol. The molecule has 0 atom stereocenters. The number of rotatable bonds is 9. The van der Waals surface area contributed by atoms with Crippen LogP contribution in [-0.4, -0.2) is 33.4 Å². The topological polar surface area (TPSA) is 30.5 Å². The Morgan fingerprint density at radius 1 is 1.10 bits per heavy atom. The van der Waals surface area contributed by atoms with E-state index < -0.39 is 0 Å². The van der Waals surface area contributed by atoms with Gasteiger partial charge in [0, 0.05) is 19.8 Å². The third-order valence-electron chi connectivity index (χ3n) is 4.18. The van der Waals surface area contributed by atoms with Crippen LogP contribution in [-0.2, 0) is 4.74 Å². The number of para-hydroxylation sites is 1. The minimum absolute atomic E-state index is 0.664. The first-order chi connectivity index (χ1) is 9.85. The summed E-state index contributed by atoms with van der Waals surface area (Å²) in [6.07, 6.45) is 6.15. The van der Waals surface area contributed by atoms with Crippen LogP contribution < -0.4 is 10.1 Å². The summed E-state index contributed by atoms with van der Waals surface area (Å²) in [4.78, 5) is 0. The van der Waals surface area contributed by atoms with Gasteiger partial charge >= 0.3 is 0 Å². The number of unbranched alkanes of at least 4 members (excludes halogenated alkanes) is 2. The van der Waals surface area contributed by atoms with Crippen LogP contribution in [0.1, 0.15) is 43.6 Å². The summed E-state index contributed by atoms with van der Waals surface area (Å²) >= 11 is 0. The van der Waals surface area contributed by atoms with Crippen molar-refractivity contribution in [1.82, 2.24) is 5.32 Å². The zero-order chi connectivity index (χ0) is 14.2. The molecule has 0 saturated heterocycles. The van der Waals surface area contributed by atoms with E-state index in [-0.39, 0.29) is 0 Å². The third-order valence-corrected chi connectivity index (χ3v) is 4.18. The molecular formula is C17H27NO2. The molecule has 0 spiro atoms. The number of hydrogen-bond acceptors (Lipinski definition) is 3. The Kier molecular flexibility index (Phi) is 6.34. The van der Waals surface area contributed by atoms with Crippen molar-refractivity contribution in [3.63, 3.8) is 0 Å². The van der Waals surface area contributed by atoms with Crippen molar-refractivity contribution in [2.75, 3.05) is 27.4 Å². The largest absolute Gasteiger partial charge is 0.496 e. The summed E-state index contributed by atoms with van der Waals surface area (Å²) in [5.41, 5.74) is 1.37. The van der Waals surface area contributed by atoms with Gasteiger partial charge in [-0.3, -0.25) is 0 Å². The van der Waals surface area contributed by atoms with Gasteiger partial charge in [0.15, 0.2) is 0 Å². The van der Waals surface area contributed by atoms with E-state index in [4.69, 9.17) is 9.47 Å². The molecule has 0 unspecified atom stereocenters. The van der Waals surface area contributed by atoms with Crippen molar-refractivity contribution in [3.05, 3.63) is 29.8 Å². The minimum atomic E-state index is 0.664. The predicted molar refractivity (Wildman–Crippen MR) is 82.5 cm³/mol. The second-order valence-electron chi connectivity index (χ2n) is 5.61. The maximum atomic E-state index is 5.44. The van der Waals surface area contributed by atoms with E-state index in [0.29, 0.717) is 12.0 Å². The summed E-state index contributed by atoms with van der Waals surface area (Å²) in [7, 11) is 3.53. The van der Waals surface area contributed by atoms with Gasteiger partial charge in [0.2, 0.25) is 0 Å². The molecule has 1 aromatic carbocycles. The van der Waals surface area contributed by atoms with Crippen molar-refractivity contribution in [3.8, 4) is 5.75 Å². The zero-order valence-corrected chi connectivity index (χ0v) is 12.7. The van der Waals surface area contributed by atoms with Gasteiger partial charge in [0.05, 0.1) is 7.11 Å². The molecule has 0 aliphatic heterocycles. The molecule has 112 valence electrons. The van der Waals surface area contributed by atoms with Crippen LogP contribution in [0.2, 0.25) is 0 Å². The smallest absolute Gasteiger partial charge is 0.122 e. The Bertz CT molecular complexity index is 388. The lowest BCUT2D eigenvalue weighted by Gasteiger charge is -2.37. The Morgan fingerprint density at radius 2 is 1.90 bits per heavy atom. The summed E-state index contributed by atoms with van der Waals surface area (Å²) < 4.78 is 10.5. The van der Waals surface area contributed by atoms with Gasteiger partial charge in [-0.2, -0.15) is 0 Å². The summed E-state index contributed by atoms with van der Waals surface area (Å²) in [6, 6.07) is 9.09. The number of ether oxygens (including phenoxy) is 2. The summed E-state index contributed by atoms with van der Waals surface area (Å²) in [6.45, 7) is 2.02. The molecule has 1 N–H and O–H groups in total. The third kappa shape index (κ3) is 4.22. The number of hydrogen-bond donors (Lipinski definition) is 1. The molecule has 1 saturated carbocycles. The van der Waals surface area contributed by atoms with Gasteiger partial charge in [-0.1, -0.05) is 18.2 Å². The number of methoxy groups -OCH3 is 2. The highest BCUT2D eigenvalue weighted by molar-refractivity contribution is 5.37. The Hall–Kier alpha value is -1.06. The SMILES string of the molecule is COCCCCCNC1CC(c2ccccc2OC)C1. The van der Waals surface area contributed by atoms with Gasteiger partial charge in [0.25, 0.3) is 0 Å². The first-order valence-electron chi connectivity index (χ1n) is 7.70. The fourth-order valence-electron chi connectivity index (χ4n) is 2.90. The average molecular weight is 277 g/mol. The molecule has 0 radical (unpaired) electrons. The molecule has 0 heterocycles. The first kappa shape index (κ1) is 15.3. The van der Waals surface area contributed by atoms with Gasteiger partial charge in [-0.25, -0.2) is 0 Å². The van der Waals surface area contributed by atoms with E-state index in [1.165, 1.54) is 37.7 Å². The molecule has 20 heavy (non-hydrogen) atoms. The second kappa shape index (κ2) is 8.28. The molecule has 1 fully saturated rings. The fraction of sp³-hybridized carbons (Fsp3) is 0.647. The Labute approximate surface area is 122 Å². The maximum absolute atomic E-state index is 5.44. The van der Waals surface area contributed by atoms with Crippen molar-refractivity contribution >= 4 is 0 Å². The quantitative estimate of drug-likeness (QED) is 0.702. The van der Waals surface area contributed by atoms with Crippen LogP contribution in [0.4, 0.5) is 0 Å². The highest BCUT2D eigenvalue weighted by atomic mass is 16.5. The van der Waals surface area contributed by atoms with Gasteiger partial charge in [-0.05, 0) is 56.2 Å². The second-order valence-corrected chi connectivity index (χ2v) is 5.61. The maximum Gasteiger partial charge on any atom is 0.122 e. The normalized spacial score (nSPS) is 21.5. The molecule has 1 aliphatic carbocycles. The number of nitrogens with one attached hydrogen (secondary N) is 1. The molecule has 0 amide bonds. The molecule has 0 bridgehead atoms. The van der Waals surface area contributed by atoms with Crippen LogP contribution in [0.15, 0.2) is 24.3 Å². The van der Waals surface area contributed by atoms with Crippen LogP contribution in [0.5, 0.6) is 5.75 Å². The Morgan fingerprint density at radius 3 is 2.65 bits per heavy atom. The van der Waals surface area contributed by atoms with E-state index in [0.717, 1.165) is 18.9 Å². The van der Waals surface area contributed by atoms with E-state index in [2.05, 4.69) is 23.5 Å². The lowest BCUT2D eigenvalue weighted by atomic mass is 9.75. The Balaban J connectivity index is 1.62. The van der Waals surface area contributed by atoms with Gasteiger partial charge < -0.3 is 14.8 Å². The van der Waals surface area contributed by atoms with Crippen LogP contribution in [0.3, 0.4) is 0 Å². The fourth-order valence-corrected chi connectivity index (χ4v) is 2.90. The van der Waals surface area contributed by atoms with Crippen LogP contribution >= 0.6 is 0 Å². The first-order valence-corrected chi connectivity index (χ1v) is 7.70. The van der Waals surface area contributed by atoms with Gasteiger partial charge in [-0.15, -0.1) is 0 Å². The molecule has 3 nitrogen and oxygen atoms in total. The molecule has 1 aliphatic rings. The van der Waals surface area contributed by atoms with Crippen molar-refractivity contribution in [2.45, 2.75) is 44.1 Å². The standard InChI is InChI=1S/C17H27NO2/c1-19-11-7-3-6-10-18-15-12-14(13-15)16-8-4-5-9-17(16)20-2/h4-5,8-9,14-15,18H,3,6-7,10-13H2,1-2H3. The molecule has 0 aromatic heterocycles. The van der Waals surface area contributed by atoms with Gasteiger partial charge in [0.1, 0.15) is 5.75 Å². The molecule has 3 heteroatoms. The van der Waals surface area contributed by atoms with Crippen molar-refractivity contribution < 1.29 is 9.47 Å². The molecule has 2 rings (SSSR count). The average Bonchev–Trinajstić information content (AvgIpc) is 2.44. The van der Waals surface area contributed by atoms with E-state index in [9.17, 15) is 0 Å². The highest BCUT2D eigenvalue weighted by Gasteiger charge is 2.31. The lowest BCUT2D eigenvalue weighted by Crippen LogP contribution is -2.40. The summed E-state index contributed by atoms with van der Waals surface area (Å²) in [5, 5.41) is 3.65. The monoisotopic (exact) mass is 277 g/mol. The molecule has 1 aromatic rings. The predicted octanol–water partition coefficient (Wildman–Crippen LogP) is 3.35. The number of benzene rings is 1. The minimum Gasteiger partial charge on any atom is -0.496 e.